The summed E-state index contributed by atoms with van der Waals surface area (Å²) in [6, 6.07) is 0. The monoisotopic (exact) mass is 260 g/mol. The lowest BCUT2D eigenvalue weighted by Gasteiger charge is -2.16. The maximum absolute atomic E-state index is 11.5. The Morgan fingerprint density at radius 1 is 1.22 bits per heavy atom. The smallest absolute Gasteiger partial charge is 0.312 e. The summed E-state index contributed by atoms with van der Waals surface area (Å²) in [5.74, 6) is -1.90. The molecule has 0 aromatic carbocycles. The van der Waals surface area contributed by atoms with E-state index in [-0.39, 0.29) is 25.5 Å². The van der Waals surface area contributed by atoms with Crippen LogP contribution in [0.4, 0.5) is 0 Å². The van der Waals surface area contributed by atoms with E-state index in [9.17, 15) is 14.4 Å². The van der Waals surface area contributed by atoms with Crippen LogP contribution < -0.4 is 16.4 Å². The SMILES string of the molecule is COCCNC(=O)CN(C)C(=O)C(=O)NCCN. The summed E-state index contributed by atoms with van der Waals surface area (Å²) in [5, 5.41) is 4.87. The highest BCUT2D eigenvalue weighted by molar-refractivity contribution is 6.35. The van der Waals surface area contributed by atoms with Crippen LogP contribution in [0.5, 0.6) is 0 Å². The Bertz CT molecular complexity index is 296. The van der Waals surface area contributed by atoms with Gasteiger partial charge in [-0.2, -0.15) is 0 Å². The second-order valence-electron chi connectivity index (χ2n) is 3.55. The number of amides is 3. The quantitative estimate of drug-likeness (QED) is 0.340. The summed E-state index contributed by atoms with van der Waals surface area (Å²) in [4.78, 5) is 35.2. The third kappa shape index (κ3) is 6.81. The molecule has 0 rings (SSSR count). The number of methoxy groups -OCH3 is 1. The first-order valence-electron chi connectivity index (χ1n) is 5.52. The molecule has 0 radical (unpaired) electrons. The van der Waals surface area contributed by atoms with Gasteiger partial charge in [0.15, 0.2) is 0 Å². The molecule has 4 N–H and O–H groups in total. The Morgan fingerprint density at radius 3 is 2.44 bits per heavy atom. The van der Waals surface area contributed by atoms with Crippen LogP contribution in [0.1, 0.15) is 0 Å². The van der Waals surface area contributed by atoms with Gasteiger partial charge in [0.2, 0.25) is 5.91 Å². The lowest BCUT2D eigenvalue weighted by Crippen LogP contribution is -2.46. The number of rotatable bonds is 7. The third-order valence-electron chi connectivity index (χ3n) is 1.98. The molecule has 104 valence electrons. The van der Waals surface area contributed by atoms with Crippen LogP contribution in [0.15, 0.2) is 0 Å². The molecule has 0 bridgehead atoms. The number of carbonyl (C=O) groups excluding carboxylic acids is 3. The molecule has 18 heavy (non-hydrogen) atoms. The first-order chi connectivity index (χ1) is 8.52. The van der Waals surface area contributed by atoms with Crippen LogP contribution in [0, 0.1) is 0 Å². The van der Waals surface area contributed by atoms with E-state index in [4.69, 9.17) is 10.5 Å². The summed E-state index contributed by atoms with van der Waals surface area (Å²) < 4.78 is 4.76. The fourth-order valence-electron chi connectivity index (χ4n) is 1.07. The van der Waals surface area contributed by atoms with Gasteiger partial charge in [0.25, 0.3) is 0 Å². The van der Waals surface area contributed by atoms with Gasteiger partial charge in [0.05, 0.1) is 13.2 Å². The van der Waals surface area contributed by atoms with E-state index in [1.807, 2.05) is 0 Å². The Labute approximate surface area is 106 Å². The summed E-state index contributed by atoms with van der Waals surface area (Å²) in [6.45, 7) is 1.04. The molecule has 0 aliphatic heterocycles. The van der Waals surface area contributed by atoms with Crippen molar-refractivity contribution in [3.05, 3.63) is 0 Å². The van der Waals surface area contributed by atoms with E-state index in [0.717, 1.165) is 4.90 Å². The van der Waals surface area contributed by atoms with E-state index in [1.165, 1.54) is 14.2 Å². The summed E-state index contributed by atoms with van der Waals surface area (Å²) in [5.41, 5.74) is 5.19. The average Bonchev–Trinajstić information content (AvgIpc) is 2.35. The molecule has 8 nitrogen and oxygen atoms in total. The lowest BCUT2D eigenvalue weighted by atomic mass is 10.4. The Kier molecular flexibility index (Phi) is 8.50. The molecular formula is C10H20N4O4. The molecule has 0 saturated heterocycles. The maximum atomic E-state index is 11.5. The predicted molar refractivity (Wildman–Crippen MR) is 64.6 cm³/mol. The average molecular weight is 260 g/mol. The van der Waals surface area contributed by atoms with E-state index in [1.54, 1.807) is 0 Å². The highest BCUT2D eigenvalue weighted by atomic mass is 16.5. The molecule has 0 unspecified atom stereocenters. The van der Waals surface area contributed by atoms with E-state index in [2.05, 4.69) is 10.6 Å². The highest BCUT2D eigenvalue weighted by Gasteiger charge is 2.19. The molecule has 0 heterocycles. The minimum atomic E-state index is -0.773. The van der Waals surface area contributed by atoms with Crippen LogP contribution in [0.25, 0.3) is 0 Å². The van der Waals surface area contributed by atoms with Crippen molar-refractivity contribution >= 4 is 17.7 Å². The molecule has 0 aromatic rings. The standard InChI is InChI=1S/C10H20N4O4/c1-14(7-8(15)12-5-6-18-2)10(17)9(16)13-4-3-11/h3-7,11H2,1-2H3,(H,12,15)(H,13,16). The normalized spacial score (nSPS) is 9.72. The Hall–Kier alpha value is -1.67. The van der Waals surface area contributed by atoms with Gasteiger partial charge >= 0.3 is 11.8 Å². The first-order valence-corrected chi connectivity index (χ1v) is 5.52. The molecule has 0 aromatic heterocycles. The summed E-state index contributed by atoms with van der Waals surface area (Å²) in [6.07, 6.45) is 0. The lowest BCUT2D eigenvalue weighted by molar-refractivity contribution is -0.146. The summed E-state index contributed by atoms with van der Waals surface area (Å²) in [7, 11) is 2.89. The topological polar surface area (TPSA) is 114 Å². The third-order valence-corrected chi connectivity index (χ3v) is 1.98. The number of ether oxygens (including phenoxy) is 1. The Morgan fingerprint density at radius 2 is 1.89 bits per heavy atom. The van der Waals surface area contributed by atoms with Crippen molar-refractivity contribution in [2.75, 3.05) is 46.9 Å². The second kappa shape index (κ2) is 9.37. The maximum Gasteiger partial charge on any atom is 0.312 e. The zero-order chi connectivity index (χ0) is 14.0. The highest BCUT2D eigenvalue weighted by Crippen LogP contribution is 1.85. The number of nitrogens with one attached hydrogen (secondary N) is 2. The van der Waals surface area contributed by atoms with Gasteiger partial charge in [0.1, 0.15) is 0 Å². The second-order valence-corrected chi connectivity index (χ2v) is 3.55. The van der Waals surface area contributed by atoms with Crippen LogP contribution in [-0.4, -0.2) is 69.6 Å². The summed E-state index contributed by atoms with van der Waals surface area (Å²) >= 11 is 0. The number of hydrogen-bond donors (Lipinski definition) is 3. The van der Waals surface area contributed by atoms with Crippen molar-refractivity contribution in [1.82, 2.24) is 15.5 Å². The van der Waals surface area contributed by atoms with Crippen LogP contribution >= 0.6 is 0 Å². The van der Waals surface area contributed by atoms with Crippen molar-refractivity contribution in [1.29, 1.82) is 0 Å². The van der Waals surface area contributed by atoms with Crippen molar-refractivity contribution in [3.63, 3.8) is 0 Å². The minimum Gasteiger partial charge on any atom is -0.383 e. The molecular weight excluding hydrogens is 240 g/mol. The molecule has 0 spiro atoms. The molecule has 0 atom stereocenters. The van der Waals surface area contributed by atoms with Crippen molar-refractivity contribution < 1.29 is 19.1 Å². The molecule has 0 aliphatic rings. The van der Waals surface area contributed by atoms with Crippen molar-refractivity contribution in [2.45, 2.75) is 0 Å². The van der Waals surface area contributed by atoms with E-state index < -0.39 is 11.8 Å². The number of nitrogens with two attached hydrogens (primary N) is 1. The molecule has 0 aliphatic carbocycles. The zero-order valence-electron chi connectivity index (χ0n) is 10.7. The van der Waals surface area contributed by atoms with Gasteiger partial charge < -0.3 is 26.0 Å². The number of hydrogen-bond acceptors (Lipinski definition) is 5. The van der Waals surface area contributed by atoms with E-state index >= 15 is 0 Å². The van der Waals surface area contributed by atoms with Crippen LogP contribution in [0.3, 0.4) is 0 Å². The molecule has 0 saturated carbocycles. The fourth-order valence-corrected chi connectivity index (χ4v) is 1.07. The van der Waals surface area contributed by atoms with E-state index in [0.29, 0.717) is 13.2 Å². The molecule has 0 fully saturated rings. The van der Waals surface area contributed by atoms with Gasteiger partial charge in [-0.1, -0.05) is 0 Å². The number of likely N-dealkylation sites (N-methyl/N-ethyl adjacent to an activating group) is 1. The van der Waals surface area contributed by atoms with Crippen molar-refractivity contribution in [2.24, 2.45) is 5.73 Å². The van der Waals surface area contributed by atoms with Gasteiger partial charge in [-0.05, 0) is 0 Å². The zero-order valence-corrected chi connectivity index (χ0v) is 10.7. The van der Waals surface area contributed by atoms with Gasteiger partial charge in [0, 0.05) is 33.8 Å². The molecule has 8 heteroatoms. The Balaban J connectivity index is 3.99. The van der Waals surface area contributed by atoms with Gasteiger partial charge in [-0.15, -0.1) is 0 Å². The first kappa shape index (κ1) is 16.3. The van der Waals surface area contributed by atoms with Crippen molar-refractivity contribution in [3.8, 4) is 0 Å². The number of carbonyl (C=O) groups is 3. The number of nitrogens with zero attached hydrogens (tertiary/aromatic N) is 1. The largest absolute Gasteiger partial charge is 0.383 e. The minimum absolute atomic E-state index is 0.182. The predicted octanol–water partition coefficient (Wildman–Crippen LogP) is -2.72. The van der Waals surface area contributed by atoms with Crippen LogP contribution in [-0.2, 0) is 19.1 Å². The fraction of sp³-hybridized carbons (Fsp3) is 0.700. The van der Waals surface area contributed by atoms with Gasteiger partial charge in [-0.25, -0.2) is 0 Å². The van der Waals surface area contributed by atoms with Gasteiger partial charge in [-0.3, -0.25) is 14.4 Å². The van der Waals surface area contributed by atoms with Crippen LogP contribution in [0.2, 0.25) is 0 Å². The molecule has 3 amide bonds.